The van der Waals surface area contributed by atoms with Crippen molar-refractivity contribution in [3.05, 3.63) is 30.1 Å². The average molecular weight is 185 g/mol. The molecule has 0 N–H and O–H groups in total. The van der Waals surface area contributed by atoms with Gasteiger partial charge < -0.3 is 0 Å². The molecule has 2 aromatic rings. The number of nitriles is 1. The SMILES string of the molecule is CC(=O)n1cc(C#N)c2cccnc21. The smallest absolute Gasteiger partial charge is 0.229 e. The molecule has 68 valence electrons. The predicted octanol–water partition coefficient (Wildman–Crippen LogP) is 1.57. The van der Waals surface area contributed by atoms with Crippen molar-refractivity contribution < 1.29 is 4.79 Å². The van der Waals surface area contributed by atoms with E-state index in [9.17, 15) is 4.79 Å². The topological polar surface area (TPSA) is 58.7 Å². The Morgan fingerprint density at radius 3 is 3.07 bits per heavy atom. The molecule has 0 spiro atoms. The van der Waals surface area contributed by atoms with Crippen LogP contribution in [0.4, 0.5) is 0 Å². The van der Waals surface area contributed by atoms with Gasteiger partial charge in [-0.25, -0.2) is 4.98 Å². The number of fused-ring (bicyclic) bond motifs is 1. The summed E-state index contributed by atoms with van der Waals surface area (Å²) >= 11 is 0. The summed E-state index contributed by atoms with van der Waals surface area (Å²) in [6.07, 6.45) is 3.11. The molecule has 4 nitrogen and oxygen atoms in total. The van der Waals surface area contributed by atoms with Crippen molar-refractivity contribution in [1.82, 2.24) is 9.55 Å². The Kier molecular flexibility index (Phi) is 1.79. The summed E-state index contributed by atoms with van der Waals surface area (Å²) in [5.41, 5.74) is 1.01. The third kappa shape index (κ3) is 1.07. The minimum absolute atomic E-state index is 0.143. The number of hydrogen-bond donors (Lipinski definition) is 0. The molecular formula is C10H7N3O. The van der Waals surface area contributed by atoms with Gasteiger partial charge in [0.25, 0.3) is 0 Å². The van der Waals surface area contributed by atoms with Gasteiger partial charge in [-0.15, -0.1) is 0 Å². The quantitative estimate of drug-likeness (QED) is 0.625. The Balaban J connectivity index is 2.88. The van der Waals surface area contributed by atoms with E-state index in [2.05, 4.69) is 4.98 Å². The highest BCUT2D eigenvalue weighted by Crippen LogP contribution is 2.17. The van der Waals surface area contributed by atoms with Crippen LogP contribution in [0.15, 0.2) is 24.5 Å². The molecule has 0 aliphatic carbocycles. The van der Waals surface area contributed by atoms with Gasteiger partial charge in [0.05, 0.1) is 5.56 Å². The van der Waals surface area contributed by atoms with Gasteiger partial charge in [0, 0.05) is 24.7 Å². The second-order valence-corrected chi connectivity index (χ2v) is 2.92. The van der Waals surface area contributed by atoms with Crippen molar-refractivity contribution in [2.45, 2.75) is 6.92 Å². The zero-order chi connectivity index (χ0) is 10.1. The zero-order valence-corrected chi connectivity index (χ0v) is 7.56. The van der Waals surface area contributed by atoms with E-state index < -0.39 is 0 Å². The van der Waals surface area contributed by atoms with Crippen molar-refractivity contribution in [2.24, 2.45) is 0 Å². The van der Waals surface area contributed by atoms with Crippen LogP contribution in [0.2, 0.25) is 0 Å². The number of hydrogen-bond acceptors (Lipinski definition) is 3. The second-order valence-electron chi connectivity index (χ2n) is 2.92. The van der Waals surface area contributed by atoms with Gasteiger partial charge in [0.15, 0.2) is 0 Å². The van der Waals surface area contributed by atoms with Gasteiger partial charge in [0.1, 0.15) is 11.7 Å². The van der Waals surface area contributed by atoms with E-state index in [1.54, 1.807) is 18.3 Å². The molecule has 0 saturated carbocycles. The Morgan fingerprint density at radius 2 is 2.43 bits per heavy atom. The summed E-state index contributed by atoms with van der Waals surface area (Å²) in [4.78, 5) is 15.3. The highest BCUT2D eigenvalue weighted by atomic mass is 16.1. The molecule has 0 bridgehead atoms. The molecule has 2 aromatic heterocycles. The van der Waals surface area contributed by atoms with Crippen LogP contribution in [0, 0.1) is 11.3 Å². The molecule has 0 atom stereocenters. The van der Waals surface area contributed by atoms with E-state index in [1.165, 1.54) is 17.7 Å². The second kappa shape index (κ2) is 2.96. The fraction of sp³-hybridized carbons (Fsp3) is 0.100. The predicted molar refractivity (Wildman–Crippen MR) is 50.7 cm³/mol. The molecule has 2 heterocycles. The van der Waals surface area contributed by atoms with Crippen LogP contribution in [0.3, 0.4) is 0 Å². The number of carbonyl (C=O) groups is 1. The van der Waals surface area contributed by atoms with Crippen LogP contribution in [0.5, 0.6) is 0 Å². The van der Waals surface area contributed by atoms with Crippen LogP contribution < -0.4 is 0 Å². The maximum absolute atomic E-state index is 11.2. The standard InChI is InChI=1S/C10H7N3O/c1-7(14)13-6-8(5-11)9-3-2-4-12-10(9)13/h2-4,6H,1H3. The molecule has 0 radical (unpaired) electrons. The number of rotatable bonds is 0. The molecule has 0 fully saturated rings. The fourth-order valence-corrected chi connectivity index (χ4v) is 1.39. The number of aromatic nitrogens is 2. The first-order valence-electron chi connectivity index (χ1n) is 4.11. The van der Waals surface area contributed by atoms with E-state index >= 15 is 0 Å². The zero-order valence-electron chi connectivity index (χ0n) is 7.56. The third-order valence-electron chi connectivity index (χ3n) is 2.02. The summed E-state index contributed by atoms with van der Waals surface area (Å²) < 4.78 is 1.38. The van der Waals surface area contributed by atoms with Crippen LogP contribution >= 0.6 is 0 Å². The molecule has 0 unspecified atom stereocenters. The van der Waals surface area contributed by atoms with Gasteiger partial charge in [-0.1, -0.05) is 0 Å². The molecule has 0 saturated heterocycles. The minimum atomic E-state index is -0.143. The van der Waals surface area contributed by atoms with Gasteiger partial charge >= 0.3 is 0 Å². The maximum Gasteiger partial charge on any atom is 0.229 e. The average Bonchev–Trinajstić information content (AvgIpc) is 2.56. The summed E-state index contributed by atoms with van der Waals surface area (Å²) in [5, 5.41) is 9.54. The van der Waals surface area contributed by atoms with Crippen molar-refractivity contribution >= 4 is 16.9 Å². The Morgan fingerprint density at radius 1 is 1.64 bits per heavy atom. The normalized spacial score (nSPS) is 10.0. The van der Waals surface area contributed by atoms with Gasteiger partial charge in [-0.05, 0) is 12.1 Å². The molecular weight excluding hydrogens is 178 g/mol. The monoisotopic (exact) mass is 185 g/mol. The molecule has 0 aliphatic heterocycles. The van der Waals surface area contributed by atoms with E-state index in [4.69, 9.17) is 5.26 Å². The Labute approximate surface area is 80.4 Å². The van der Waals surface area contributed by atoms with E-state index in [0.29, 0.717) is 16.6 Å². The minimum Gasteiger partial charge on any atom is -0.274 e. The molecule has 14 heavy (non-hydrogen) atoms. The summed E-state index contributed by atoms with van der Waals surface area (Å²) in [5.74, 6) is -0.143. The summed E-state index contributed by atoms with van der Waals surface area (Å²) in [6, 6.07) is 5.55. The highest BCUT2D eigenvalue weighted by molar-refractivity contribution is 5.92. The Bertz CT molecular complexity index is 548. The van der Waals surface area contributed by atoms with Crippen LogP contribution in [0.25, 0.3) is 11.0 Å². The lowest BCUT2D eigenvalue weighted by atomic mass is 10.2. The van der Waals surface area contributed by atoms with Crippen molar-refractivity contribution in [2.75, 3.05) is 0 Å². The molecule has 2 rings (SSSR count). The number of carbonyl (C=O) groups excluding carboxylic acids is 1. The molecule has 4 heteroatoms. The summed E-state index contributed by atoms with van der Waals surface area (Å²) in [7, 11) is 0. The fourth-order valence-electron chi connectivity index (χ4n) is 1.39. The van der Waals surface area contributed by atoms with Crippen LogP contribution in [-0.4, -0.2) is 15.5 Å². The highest BCUT2D eigenvalue weighted by Gasteiger charge is 2.10. The van der Waals surface area contributed by atoms with Crippen LogP contribution in [0.1, 0.15) is 17.3 Å². The molecule has 0 aromatic carbocycles. The van der Waals surface area contributed by atoms with E-state index in [-0.39, 0.29) is 5.91 Å². The van der Waals surface area contributed by atoms with Crippen molar-refractivity contribution in [1.29, 1.82) is 5.26 Å². The number of pyridine rings is 1. The first kappa shape index (κ1) is 8.45. The largest absolute Gasteiger partial charge is 0.274 e. The van der Waals surface area contributed by atoms with Gasteiger partial charge in [0.2, 0.25) is 5.91 Å². The number of nitrogens with zero attached hydrogens (tertiary/aromatic N) is 3. The van der Waals surface area contributed by atoms with E-state index in [1.807, 2.05) is 6.07 Å². The lowest BCUT2D eigenvalue weighted by Gasteiger charge is -1.95. The van der Waals surface area contributed by atoms with E-state index in [0.717, 1.165) is 0 Å². The lowest BCUT2D eigenvalue weighted by Crippen LogP contribution is -2.03. The first-order chi connectivity index (χ1) is 6.74. The lowest BCUT2D eigenvalue weighted by molar-refractivity contribution is 0.0941. The van der Waals surface area contributed by atoms with Gasteiger partial charge in [-0.3, -0.25) is 9.36 Å². The third-order valence-corrected chi connectivity index (χ3v) is 2.02. The van der Waals surface area contributed by atoms with Crippen LogP contribution in [-0.2, 0) is 0 Å². The molecule has 0 amide bonds. The first-order valence-corrected chi connectivity index (χ1v) is 4.11. The van der Waals surface area contributed by atoms with Crippen molar-refractivity contribution in [3.63, 3.8) is 0 Å². The van der Waals surface area contributed by atoms with Crippen molar-refractivity contribution in [3.8, 4) is 6.07 Å². The Hall–Kier alpha value is -2.15. The van der Waals surface area contributed by atoms with Gasteiger partial charge in [-0.2, -0.15) is 5.26 Å². The maximum atomic E-state index is 11.2. The molecule has 0 aliphatic rings. The summed E-state index contributed by atoms with van der Waals surface area (Å²) in [6.45, 7) is 1.44.